The first-order valence-corrected chi connectivity index (χ1v) is 10.6. The number of ether oxygens (including phenoxy) is 1. The summed E-state index contributed by atoms with van der Waals surface area (Å²) in [6, 6.07) is 10.5. The van der Waals surface area contributed by atoms with Crippen LogP contribution in [0.3, 0.4) is 0 Å². The van der Waals surface area contributed by atoms with Crippen LogP contribution in [0.25, 0.3) is 0 Å². The fraction of sp³-hybridized carbons (Fsp3) is 0.273. The molecule has 3 heterocycles. The summed E-state index contributed by atoms with van der Waals surface area (Å²) < 4.78 is 5.41. The number of hydrogen-bond donors (Lipinski definition) is 1. The fourth-order valence-electron chi connectivity index (χ4n) is 3.39. The molecule has 0 atom stereocenters. The van der Waals surface area contributed by atoms with Gasteiger partial charge in [0, 0.05) is 31.8 Å². The molecule has 1 aliphatic heterocycles. The van der Waals surface area contributed by atoms with Gasteiger partial charge in [-0.2, -0.15) is 0 Å². The maximum absolute atomic E-state index is 12.7. The number of Topliss-reactive ketones (excluding diaryl/α,β-unsaturated/α-hetero) is 1. The van der Waals surface area contributed by atoms with Crippen LogP contribution in [0.4, 0.5) is 17.5 Å². The average Bonchev–Trinajstić information content (AvgIpc) is 2.74. The van der Waals surface area contributed by atoms with Gasteiger partial charge in [0.25, 0.3) is 0 Å². The lowest BCUT2D eigenvalue weighted by Crippen LogP contribution is -2.36. The number of nitrogens with zero attached hydrogens (tertiary/aromatic N) is 4. The number of nitrogens with one attached hydrogen (secondary N) is 1. The number of hydrogen-bond acceptors (Lipinski definition) is 7. The first kappa shape index (κ1) is 21.5. The van der Waals surface area contributed by atoms with E-state index in [1.807, 2.05) is 19.1 Å². The van der Waals surface area contributed by atoms with E-state index in [4.69, 9.17) is 27.9 Å². The van der Waals surface area contributed by atoms with Crippen LogP contribution in [0.2, 0.25) is 10.0 Å². The zero-order valence-corrected chi connectivity index (χ0v) is 18.5. The average molecular weight is 458 g/mol. The molecule has 4 rings (SSSR count). The lowest BCUT2D eigenvalue weighted by Gasteiger charge is -2.28. The minimum atomic E-state index is -0.153. The summed E-state index contributed by atoms with van der Waals surface area (Å²) in [4.78, 5) is 28.3. The monoisotopic (exact) mass is 457 g/mol. The Morgan fingerprint density at radius 3 is 2.58 bits per heavy atom. The predicted octanol–water partition coefficient (Wildman–Crippen LogP) is 4.49. The van der Waals surface area contributed by atoms with Crippen molar-refractivity contribution in [1.29, 1.82) is 0 Å². The van der Waals surface area contributed by atoms with Gasteiger partial charge >= 0.3 is 0 Å². The Bertz CT molecular complexity index is 1080. The minimum absolute atomic E-state index is 0.153. The third kappa shape index (κ3) is 5.31. The number of morpholine rings is 1. The van der Waals surface area contributed by atoms with E-state index in [9.17, 15) is 4.79 Å². The molecule has 0 radical (unpaired) electrons. The molecule has 1 saturated heterocycles. The SMILES string of the molecule is Cc1nc(Nc2cc(CC(=O)c3c(Cl)cccc3Cl)ccn2)cc(N2CCOCC2)n1. The molecule has 0 unspecified atom stereocenters. The summed E-state index contributed by atoms with van der Waals surface area (Å²) in [6.45, 7) is 4.79. The Hall–Kier alpha value is -2.74. The molecule has 0 aliphatic carbocycles. The predicted molar refractivity (Wildman–Crippen MR) is 122 cm³/mol. The summed E-state index contributed by atoms with van der Waals surface area (Å²) in [6.07, 6.45) is 1.80. The standard InChI is InChI=1S/C22H21Cl2N5O2/c1-14-26-20(13-21(27-14)29-7-9-31-10-8-29)28-19-12-15(5-6-25-19)11-18(30)22-16(23)3-2-4-17(22)24/h2-6,12-13H,7-11H2,1H3,(H,25,26,27,28). The van der Waals surface area contributed by atoms with E-state index >= 15 is 0 Å². The molecule has 31 heavy (non-hydrogen) atoms. The fourth-order valence-corrected chi connectivity index (χ4v) is 4.00. The van der Waals surface area contributed by atoms with E-state index < -0.39 is 0 Å². The van der Waals surface area contributed by atoms with E-state index in [0.29, 0.717) is 46.3 Å². The molecule has 7 nitrogen and oxygen atoms in total. The van der Waals surface area contributed by atoms with Gasteiger partial charge in [0.05, 0.1) is 28.8 Å². The largest absolute Gasteiger partial charge is 0.378 e. The Morgan fingerprint density at radius 1 is 1.10 bits per heavy atom. The Kier molecular flexibility index (Phi) is 6.65. The first-order chi connectivity index (χ1) is 15.0. The Labute approximate surface area is 190 Å². The maximum Gasteiger partial charge on any atom is 0.170 e. The van der Waals surface area contributed by atoms with Crippen LogP contribution in [0.15, 0.2) is 42.6 Å². The Balaban J connectivity index is 1.51. The highest BCUT2D eigenvalue weighted by Gasteiger charge is 2.16. The van der Waals surface area contributed by atoms with Crippen molar-refractivity contribution in [2.24, 2.45) is 0 Å². The molecule has 9 heteroatoms. The van der Waals surface area contributed by atoms with Crippen molar-refractivity contribution in [2.75, 3.05) is 36.5 Å². The molecule has 0 spiro atoms. The quantitative estimate of drug-likeness (QED) is 0.545. The van der Waals surface area contributed by atoms with Crippen LogP contribution in [0, 0.1) is 6.92 Å². The van der Waals surface area contributed by atoms with Gasteiger partial charge in [-0.05, 0) is 36.8 Å². The molecule has 2 aromatic heterocycles. The number of pyridine rings is 1. The van der Waals surface area contributed by atoms with E-state index in [-0.39, 0.29) is 12.2 Å². The highest BCUT2D eigenvalue weighted by molar-refractivity contribution is 6.39. The number of aromatic nitrogens is 3. The third-order valence-electron chi connectivity index (χ3n) is 4.85. The number of carbonyl (C=O) groups excluding carboxylic acids is 1. The van der Waals surface area contributed by atoms with Gasteiger partial charge in [-0.25, -0.2) is 15.0 Å². The summed E-state index contributed by atoms with van der Waals surface area (Å²) in [5, 5.41) is 3.91. The second-order valence-corrected chi connectivity index (χ2v) is 7.94. The first-order valence-electron chi connectivity index (χ1n) is 9.87. The number of benzene rings is 1. The molecule has 1 aromatic carbocycles. The van der Waals surface area contributed by atoms with Gasteiger partial charge in [0.2, 0.25) is 0 Å². The summed E-state index contributed by atoms with van der Waals surface area (Å²) in [7, 11) is 0. The van der Waals surface area contributed by atoms with Crippen molar-refractivity contribution in [3.8, 4) is 0 Å². The zero-order chi connectivity index (χ0) is 21.8. The van der Waals surface area contributed by atoms with Crippen molar-refractivity contribution in [3.05, 3.63) is 69.6 Å². The molecule has 0 saturated carbocycles. The van der Waals surface area contributed by atoms with E-state index in [1.54, 1.807) is 30.5 Å². The topological polar surface area (TPSA) is 80.2 Å². The lowest BCUT2D eigenvalue weighted by molar-refractivity contribution is 0.0993. The second kappa shape index (κ2) is 9.60. The number of anilines is 3. The second-order valence-electron chi connectivity index (χ2n) is 7.13. The molecule has 1 fully saturated rings. The molecule has 1 aliphatic rings. The highest BCUT2D eigenvalue weighted by atomic mass is 35.5. The zero-order valence-electron chi connectivity index (χ0n) is 16.9. The molecular weight excluding hydrogens is 437 g/mol. The van der Waals surface area contributed by atoms with Crippen LogP contribution >= 0.6 is 23.2 Å². The maximum atomic E-state index is 12.7. The Morgan fingerprint density at radius 2 is 1.84 bits per heavy atom. The lowest BCUT2D eigenvalue weighted by atomic mass is 10.0. The van der Waals surface area contributed by atoms with Crippen LogP contribution in [-0.2, 0) is 11.2 Å². The van der Waals surface area contributed by atoms with Crippen LogP contribution in [-0.4, -0.2) is 47.0 Å². The number of rotatable bonds is 6. The van der Waals surface area contributed by atoms with Crippen molar-refractivity contribution < 1.29 is 9.53 Å². The normalized spacial score (nSPS) is 13.8. The minimum Gasteiger partial charge on any atom is -0.378 e. The number of aryl methyl sites for hydroxylation is 1. The van der Waals surface area contributed by atoms with E-state index in [1.165, 1.54) is 0 Å². The van der Waals surface area contributed by atoms with Gasteiger partial charge in [0.15, 0.2) is 5.78 Å². The van der Waals surface area contributed by atoms with Gasteiger partial charge in [-0.3, -0.25) is 4.79 Å². The number of halogens is 2. The summed E-state index contributed by atoms with van der Waals surface area (Å²) >= 11 is 12.3. The van der Waals surface area contributed by atoms with E-state index in [0.717, 1.165) is 24.5 Å². The van der Waals surface area contributed by atoms with Crippen LogP contribution in [0.5, 0.6) is 0 Å². The number of ketones is 1. The van der Waals surface area contributed by atoms with Gasteiger partial charge in [0.1, 0.15) is 23.3 Å². The molecule has 0 amide bonds. The van der Waals surface area contributed by atoms with Crippen LogP contribution in [0.1, 0.15) is 21.7 Å². The van der Waals surface area contributed by atoms with Crippen molar-refractivity contribution in [3.63, 3.8) is 0 Å². The number of carbonyl (C=O) groups is 1. The molecule has 1 N–H and O–H groups in total. The third-order valence-corrected chi connectivity index (χ3v) is 5.48. The summed E-state index contributed by atoms with van der Waals surface area (Å²) in [5.41, 5.74) is 1.12. The van der Waals surface area contributed by atoms with Crippen molar-refractivity contribution in [2.45, 2.75) is 13.3 Å². The smallest absolute Gasteiger partial charge is 0.170 e. The summed E-state index contributed by atoms with van der Waals surface area (Å²) in [5.74, 6) is 2.57. The molecule has 3 aromatic rings. The molecule has 160 valence electrons. The van der Waals surface area contributed by atoms with Crippen molar-refractivity contribution >= 4 is 46.4 Å². The van der Waals surface area contributed by atoms with Gasteiger partial charge < -0.3 is 15.0 Å². The molecule has 0 bridgehead atoms. The highest BCUT2D eigenvalue weighted by Crippen LogP contribution is 2.26. The van der Waals surface area contributed by atoms with Crippen molar-refractivity contribution in [1.82, 2.24) is 15.0 Å². The van der Waals surface area contributed by atoms with Crippen LogP contribution < -0.4 is 10.2 Å². The van der Waals surface area contributed by atoms with E-state index in [2.05, 4.69) is 25.2 Å². The molecular formula is C22H21Cl2N5O2. The van der Waals surface area contributed by atoms with Gasteiger partial charge in [-0.1, -0.05) is 29.3 Å². The van der Waals surface area contributed by atoms with Gasteiger partial charge in [-0.15, -0.1) is 0 Å².